The number of nitrogens with zero attached hydrogens (tertiary/aromatic N) is 1. The van der Waals surface area contributed by atoms with Crippen molar-refractivity contribution in [2.75, 3.05) is 44.5 Å². The average molecular weight is 310 g/mol. The molecule has 2 aliphatic heterocycles. The molecule has 0 bridgehead atoms. The number of fused-ring (bicyclic) bond motifs is 1. The van der Waals surface area contributed by atoms with Crippen LogP contribution in [0.25, 0.3) is 0 Å². The maximum absolute atomic E-state index is 11.9. The van der Waals surface area contributed by atoms with Crippen LogP contribution in [-0.4, -0.2) is 55.5 Å². The first kappa shape index (κ1) is 14.2. The zero-order valence-corrected chi connectivity index (χ0v) is 12.5. The first-order valence-corrected chi connectivity index (χ1v) is 8.11. The first-order chi connectivity index (χ1) is 10.3. The lowest BCUT2D eigenvalue weighted by molar-refractivity contribution is 0.173. The molecule has 0 radical (unpaired) electrons. The molecule has 7 heteroatoms. The van der Waals surface area contributed by atoms with Crippen LogP contribution in [0.5, 0.6) is 17.2 Å². The van der Waals surface area contributed by atoms with E-state index in [0.29, 0.717) is 24.7 Å². The highest BCUT2D eigenvalue weighted by molar-refractivity contribution is 7.99. The molecule has 0 unspecified atom stereocenters. The first-order valence-electron chi connectivity index (χ1n) is 6.96. The molecule has 2 heterocycles. The molecule has 0 saturated carbocycles. The topological polar surface area (TPSA) is 60.0 Å². The van der Waals surface area contributed by atoms with Crippen LogP contribution >= 0.6 is 11.8 Å². The second-order valence-electron chi connectivity index (χ2n) is 4.69. The van der Waals surface area contributed by atoms with E-state index in [1.165, 1.54) is 0 Å². The van der Waals surface area contributed by atoms with Gasteiger partial charge >= 0.3 is 6.03 Å². The van der Waals surface area contributed by atoms with Crippen LogP contribution in [0.4, 0.5) is 4.79 Å². The van der Waals surface area contributed by atoms with Crippen LogP contribution in [0.15, 0.2) is 18.2 Å². The highest BCUT2D eigenvalue weighted by atomic mass is 32.2. The standard InChI is InChI=1S/C14H18N2O4S/c17-14(16-4-7-21-8-5-16)15-3-6-18-11-1-2-12-13(9-11)20-10-19-12/h1-2,9H,3-8,10H2,(H,15,17). The van der Waals surface area contributed by atoms with Crippen LogP contribution in [0.1, 0.15) is 0 Å². The van der Waals surface area contributed by atoms with E-state index in [0.717, 1.165) is 30.3 Å². The number of carbonyl (C=O) groups excluding carboxylic acids is 1. The summed E-state index contributed by atoms with van der Waals surface area (Å²) in [6.07, 6.45) is 0. The van der Waals surface area contributed by atoms with Crippen molar-refractivity contribution in [2.24, 2.45) is 0 Å². The van der Waals surface area contributed by atoms with Gasteiger partial charge < -0.3 is 24.4 Å². The fourth-order valence-corrected chi connectivity index (χ4v) is 3.07. The summed E-state index contributed by atoms with van der Waals surface area (Å²) < 4.78 is 16.1. The quantitative estimate of drug-likeness (QED) is 0.855. The van der Waals surface area contributed by atoms with E-state index < -0.39 is 0 Å². The summed E-state index contributed by atoms with van der Waals surface area (Å²) in [6.45, 7) is 2.80. The van der Waals surface area contributed by atoms with Gasteiger partial charge in [-0.25, -0.2) is 4.79 Å². The smallest absolute Gasteiger partial charge is 0.317 e. The van der Waals surface area contributed by atoms with E-state index in [4.69, 9.17) is 14.2 Å². The highest BCUT2D eigenvalue weighted by Crippen LogP contribution is 2.34. The van der Waals surface area contributed by atoms with Crippen LogP contribution in [0.3, 0.4) is 0 Å². The number of ether oxygens (including phenoxy) is 3. The molecule has 1 aromatic carbocycles. The largest absolute Gasteiger partial charge is 0.492 e. The van der Waals surface area contributed by atoms with E-state index in [1.54, 1.807) is 6.07 Å². The van der Waals surface area contributed by atoms with Crippen LogP contribution < -0.4 is 19.5 Å². The fraction of sp³-hybridized carbons (Fsp3) is 0.500. The summed E-state index contributed by atoms with van der Waals surface area (Å²) in [4.78, 5) is 13.7. The maximum atomic E-state index is 11.9. The summed E-state index contributed by atoms with van der Waals surface area (Å²) in [5.41, 5.74) is 0. The van der Waals surface area contributed by atoms with Crippen LogP contribution in [-0.2, 0) is 0 Å². The third kappa shape index (κ3) is 3.66. The minimum absolute atomic E-state index is 0.00964. The summed E-state index contributed by atoms with van der Waals surface area (Å²) in [5, 5.41) is 2.87. The van der Waals surface area contributed by atoms with Crippen molar-refractivity contribution in [3.8, 4) is 17.2 Å². The second kappa shape index (κ2) is 6.80. The lowest BCUT2D eigenvalue weighted by atomic mass is 10.3. The summed E-state index contributed by atoms with van der Waals surface area (Å²) in [5.74, 6) is 4.17. The highest BCUT2D eigenvalue weighted by Gasteiger charge is 2.16. The SMILES string of the molecule is O=C(NCCOc1ccc2c(c1)OCO2)N1CCSCC1. The van der Waals surface area contributed by atoms with Gasteiger partial charge in [-0.1, -0.05) is 0 Å². The van der Waals surface area contributed by atoms with E-state index >= 15 is 0 Å². The van der Waals surface area contributed by atoms with E-state index in [9.17, 15) is 4.79 Å². The van der Waals surface area contributed by atoms with E-state index in [-0.39, 0.29) is 12.8 Å². The van der Waals surface area contributed by atoms with Gasteiger partial charge in [0, 0.05) is 30.7 Å². The van der Waals surface area contributed by atoms with Gasteiger partial charge in [0.15, 0.2) is 11.5 Å². The Morgan fingerprint density at radius 3 is 2.95 bits per heavy atom. The summed E-state index contributed by atoms with van der Waals surface area (Å²) >= 11 is 1.88. The number of thioether (sulfide) groups is 1. The van der Waals surface area contributed by atoms with Gasteiger partial charge in [-0.2, -0.15) is 11.8 Å². The number of urea groups is 1. The Bertz CT molecular complexity index is 506. The molecule has 114 valence electrons. The van der Waals surface area contributed by atoms with Crippen molar-refractivity contribution in [3.05, 3.63) is 18.2 Å². The molecule has 0 atom stereocenters. The zero-order valence-electron chi connectivity index (χ0n) is 11.7. The van der Waals surface area contributed by atoms with Crippen molar-refractivity contribution in [3.63, 3.8) is 0 Å². The Morgan fingerprint density at radius 2 is 2.10 bits per heavy atom. The molecular formula is C14H18N2O4S. The Hall–Kier alpha value is -1.76. The molecule has 0 aliphatic carbocycles. The minimum Gasteiger partial charge on any atom is -0.492 e. The van der Waals surface area contributed by atoms with E-state index in [1.807, 2.05) is 28.8 Å². The Labute approximate surface area is 127 Å². The molecule has 0 aromatic heterocycles. The molecule has 1 aromatic rings. The Balaban J connectivity index is 1.39. The van der Waals surface area contributed by atoms with Gasteiger partial charge in [0.25, 0.3) is 0 Å². The molecule has 1 saturated heterocycles. The maximum Gasteiger partial charge on any atom is 0.317 e. The lowest BCUT2D eigenvalue weighted by Crippen LogP contribution is -2.45. The number of amides is 2. The van der Waals surface area contributed by atoms with Crippen molar-refractivity contribution in [1.82, 2.24) is 10.2 Å². The fourth-order valence-electron chi connectivity index (χ4n) is 2.17. The lowest BCUT2D eigenvalue weighted by Gasteiger charge is -2.26. The second-order valence-corrected chi connectivity index (χ2v) is 5.92. The van der Waals surface area contributed by atoms with E-state index in [2.05, 4.69) is 5.32 Å². The number of rotatable bonds is 4. The van der Waals surface area contributed by atoms with Crippen molar-refractivity contribution >= 4 is 17.8 Å². The molecule has 21 heavy (non-hydrogen) atoms. The third-order valence-corrected chi connectivity index (χ3v) is 4.23. The number of hydrogen-bond donors (Lipinski definition) is 1. The average Bonchev–Trinajstić information content (AvgIpc) is 3.00. The summed E-state index contributed by atoms with van der Waals surface area (Å²) in [7, 11) is 0. The Morgan fingerprint density at radius 1 is 1.29 bits per heavy atom. The predicted octanol–water partition coefficient (Wildman–Crippen LogP) is 1.55. The van der Waals surface area contributed by atoms with Crippen LogP contribution in [0.2, 0.25) is 0 Å². The van der Waals surface area contributed by atoms with Gasteiger partial charge in [-0.15, -0.1) is 0 Å². The van der Waals surface area contributed by atoms with Crippen molar-refractivity contribution < 1.29 is 19.0 Å². The van der Waals surface area contributed by atoms with Crippen molar-refractivity contribution in [1.29, 1.82) is 0 Å². The molecule has 2 amide bonds. The predicted molar refractivity (Wildman–Crippen MR) is 80.4 cm³/mol. The van der Waals surface area contributed by atoms with Gasteiger partial charge in [-0.05, 0) is 12.1 Å². The molecular weight excluding hydrogens is 292 g/mol. The van der Waals surface area contributed by atoms with Gasteiger partial charge in [0.1, 0.15) is 12.4 Å². The number of nitrogens with one attached hydrogen (secondary N) is 1. The van der Waals surface area contributed by atoms with Gasteiger partial charge in [0.2, 0.25) is 6.79 Å². The number of carbonyl (C=O) groups is 1. The normalized spacial score (nSPS) is 16.7. The molecule has 0 spiro atoms. The molecule has 6 nitrogen and oxygen atoms in total. The molecule has 1 N–H and O–H groups in total. The van der Waals surface area contributed by atoms with Crippen LogP contribution in [0, 0.1) is 0 Å². The zero-order chi connectivity index (χ0) is 14.5. The van der Waals surface area contributed by atoms with Crippen molar-refractivity contribution in [2.45, 2.75) is 0 Å². The number of hydrogen-bond acceptors (Lipinski definition) is 5. The Kier molecular flexibility index (Phi) is 4.59. The minimum atomic E-state index is -0.00964. The van der Waals surface area contributed by atoms with Gasteiger partial charge in [-0.3, -0.25) is 0 Å². The summed E-state index contributed by atoms with van der Waals surface area (Å²) in [6, 6.07) is 5.44. The van der Waals surface area contributed by atoms with Gasteiger partial charge in [0.05, 0.1) is 6.54 Å². The number of benzene rings is 1. The third-order valence-electron chi connectivity index (χ3n) is 3.29. The molecule has 2 aliphatic rings. The molecule has 1 fully saturated rings. The monoisotopic (exact) mass is 310 g/mol. The molecule has 3 rings (SSSR count).